The molecule has 0 fully saturated rings. The maximum absolute atomic E-state index is 13.2. The van der Waals surface area contributed by atoms with E-state index in [9.17, 15) is 9.18 Å². The number of carbonyl (C=O) groups excluding carboxylic acids is 1. The molecule has 0 aliphatic rings. The predicted molar refractivity (Wildman–Crippen MR) is 72.4 cm³/mol. The second kappa shape index (κ2) is 5.22. The molecule has 0 unspecified atom stereocenters. The summed E-state index contributed by atoms with van der Waals surface area (Å²) in [5.41, 5.74) is 2.51. The van der Waals surface area contributed by atoms with Crippen LogP contribution < -0.4 is 4.74 Å². The van der Waals surface area contributed by atoms with Crippen molar-refractivity contribution in [2.45, 2.75) is 20.8 Å². The number of ketones is 1. The van der Waals surface area contributed by atoms with E-state index in [2.05, 4.69) is 0 Å². The van der Waals surface area contributed by atoms with E-state index in [1.165, 1.54) is 30.7 Å². The molecule has 0 radical (unpaired) electrons. The molecule has 0 aromatic heterocycles. The van der Waals surface area contributed by atoms with E-state index in [1.807, 2.05) is 32.0 Å². The molecule has 0 saturated heterocycles. The number of halogens is 1. The molecular weight excluding hydrogens is 243 g/mol. The largest absolute Gasteiger partial charge is 0.457 e. The summed E-state index contributed by atoms with van der Waals surface area (Å²) in [4.78, 5) is 11.5. The molecule has 0 saturated carbocycles. The molecule has 98 valence electrons. The Labute approximate surface area is 111 Å². The van der Waals surface area contributed by atoms with E-state index in [0.717, 1.165) is 5.56 Å². The van der Waals surface area contributed by atoms with E-state index in [4.69, 9.17) is 4.74 Å². The van der Waals surface area contributed by atoms with Crippen molar-refractivity contribution < 1.29 is 13.9 Å². The molecule has 0 atom stereocenters. The molecule has 19 heavy (non-hydrogen) atoms. The Balaban J connectivity index is 2.37. The van der Waals surface area contributed by atoms with E-state index in [1.54, 1.807) is 0 Å². The van der Waals surface area contributed by atoms with Gasteiger partial charge in [-0.15, -0.1) is 0 Å². The number of hydrogen-bond donors (Lipinski definition) is 0. The Hall–Kier alpha value is -2.16. The van der Waals surface area contributed by atoms with Crippen LogP contribution in [0.4, 0.5) is 4.39 Å². The van der Waals surface area contributed by atoms with Crippen LogP contribution in [-0.2, 0) is 0 Å². The van der Waals surface area contributed by atoms with Gasteiger partial charge in [-0.25, -0.2) is 4.39 Å². The number of rotatable bonds is 3. The molecule has 0 spiro atoms. The summed E-state index contributed by atoms with van der Waals surface area (Å²) in [6, 6.07) is 9.61. The topological polar surface area (TPSA) is 26.3 Å². The molecule has 0 N–H and O–H groups in total. The first kappa shape index (κ1) is 13.3. The molecule has 2 nitrogen and oxygen atoms in total. The van der Waals surface area contributed by atoms with Crippen molar-refractivity contribution in [3.63, 3.8) is 0 Å². The second-order valence-corrected chi connectivity index (χ2v) is 4.54. The van der Waals surface area contributed by atoms with Crippen LogP contribution in [0, 0.1) is 19.7 Å². The third-order valence-electron chi connectivity index (χ3n) is 3.03. The molecule has 0 amide bonds. The molecule has 3 heteroatoms. The monoisotopic (exact) mass is 258 g/mol. The van der Waals surface area contributed by atoms with Gasteiger partial charge < -0.3 is 4.74 Å². The smallest absolute Gasteiger partial charge is 0.163 e. The minimum Gasteiger partial charge on any atom is -0.457 e. The third-order valence-corrected chi connectivity index (χ3v) is 3.03. The minimum absolute atomic E-state index is 0.224. The zero-order chi connectivity index (χ0) is 14.0. The summed E-state index contributed by atoms with van der Waals surface area (Å²) >= 11 is 0. The van der Waals surface area contributed by atoms with E-state index >= 15 is 0 Å². The maximum Gasteiger partial charge on any atom is 0.163 e. The second-order valence-electron chi connectivity index (χ2n) is 4.54. The normalized spacial score (nSPS) is 10.3. The average Bonchev–Trinajstić information content (AvgIpc) is 2.36. The van der Waals surface area contributed by atoms with Crippen LogP contribution in [0.15, 0.2) is 36.4 Å². The van der Waals surface area contributed by atoms with Crippen LogP contribution in [0.25, 0.3) is 0 Å². The molecule has 0 aliphatic heterocycles. The van der Waals surface area contributed by atoms with Gasteiger partial charge in [0.2, 0.25) is 0 Å². The van der Waals surface area contributed by atoms with Gasteiger partial charge in [0, 0.05) is 0 Å². The van der Waals surface area contributed by atoms with E-state index in [-0.39, 0.29) is 11.3 Å². The van der Waals surface area contributed by atoms with Crippen molar-refractivity contribution in [1.82, 2.24) is 0 Å². The number of carbonyl (C=O) groups is 1. The van der Waals surface area contributed by atoms with Crippen LogP contribution in [-0.4, -0.2) is 5.78 Å². The summed E-state index contributed by atoms with van der Waals surface area (Å²) in [5, 5.41) is 0. The molecule has 0 heterocycles. The molecule has 0 aliphatic carbocycles. The van der Waals surface area contributed by atoms with Crippen LogP contribution in [0.3, 0.4) is 0 Å². The van der Waals surface area contributed by atoms with Gasteiger partial charge in [-0.3, -0.25) is 4.79 Å². The van der Waals surface area contributed by atoms with Gasteiger partial charge in [0.25, 0.3) is 0 Å². The molecule has 2 rings (SSSR count). The number of Topliss-reactive ketones (excluding diaryl/α,β-unsaturated/α-hetero) is 1. The summed E-state index contributed by atoms with van der Waals surface area (Å²) < 4.78 is 18.8. The number of aryl methyl sites for hydroxylation is 2. The molecular formula is C16H15FO2. The van der Waals surface area contributed by atoms with Gasteiger partial charge in [-0.05, 0) is 62.2 Å². The van der Waals surface area contributed by atoms with Crippen molar-refractivity contribution in [2.75, 3.05) is 0 Å². The zero-order valence-electron chi connectivity index (χ0n) is 11.2. The van der Waals surface area contributed by atoms with Crippen LogP contribution >= 0.6 is 0 Å². The molecule has 2 aromatic rings. The first-order chi connectivity index (χ1) is 8.97. The van der Waals surface area contributed by atoms with Gasteiger partial charge in [-0.2, -0.15) is 0 Å². The number of ether oxygens (including phenoxy) is 1. The quantitative estimate of drug-likeness (QED) is 0.761. The fourth-order valence-corrected chi connectivity index (χ4v) is 1.77. The molecule has 2 aromatic carbocycles. The predicted octanol–water partition coefficient (Wildman–Crippen LogP) is 4.44. The Bertz CT molecular complexity index is 633. The highest BCUT2D eigenvalue weighted by atomic mass is 19.1. The average molecular weight is 258 g/mol. The summed E-state index contributed by atoms with van der Waals surface area (Å²) in [6.45, 7) is 5.39. The van der Waals surface area contributed by atoms with Gasteiger partial charge in [0.15, 0.2) is 5.78 Å². The van der Waals surface area contributed by atoms with E-state index in [0.29, 0.717) is 11.5 Å². The lowest BCUT2D eigenvalue weighted by molar-refractivity contribution is 0.101. The zero-order valence-corrected chi connectivity index (χ0v) is 11.2. The van der Waals surface area contributed by atoms with Crippen LogP contribution in [0.1, 0.15) is 28.4 Å². The first-order valence-electron chi connectivity index (χ1n) is 6.03. The van der Waals surface area contributed by atoms with Crippen LogP contribution in [0.2, 0.25) is 0 Å². The lowest BCUT2D eigenvalue weighted by atomic mass is 10.1. The van der Waals surface area contributed by atoms with Crippen molar-refractivity contribution >= 4 is 5.78 Å². The Morgan fingerprint density at radius 2 is 1.79 bits per heavy atom. The summed E-state index contributed by atoms with van der Waals surface area (Å²) in [5.74, 6) is 0.338. The summed E-state index contributed by atoms with van der Waals surface area (Å²) in [6.07, 6.45) is 0. The fraction of sp³-hybridized carbons (Fsp3) is 0.188. The van der Waals surface area contributed by atoms with Crippen molar-refractivity contribution in [3.8, 4) is 11.5 Å². The highest BCUT2D eigenvalue weighted by molar-refractivity contribution is 5.96. The SMILES string of the molecule is CC(=O)c1cc(F)ccc1Oc1ccc(C)c(C)c1. The van der Waals surface area contributed by atoms with Crippen molar-refractivity contribution in [1.29, 1.82) is 0 Å². The first-order valence-corrected chi connectivity index (χ1v) is 6.03. The lowest BCUT2D eigenvalue weighted by Gasteiger charge is -2.11. The van der Waals surface area contributed by atoms with Gasteiger partial charge in [-0.1, -0.05) is 6.07 Å². The van der Waals surface area contributed by atoms with Crippen molar-refractivity contribution in [2.24, 2.45) is 0 Å². The van der Waals surface area contributed by atoms with Gasteiger partial charge >= 0.3 is 0 Å². The minimum atomic E-state index is -0.447. The maximum atomic E-state index is 13.2. The lowest BCUT2D eigenvalue weighted by Crippen LogP contribution is -1.98. The van der Waals surface area contributed by atoms with Gasteiger partial charge in [0.05, 0.1) is 5.56 Å². The van der Waals surface area contributed by atoms with Gasteiger partial charge in [0.1, 0.15) is 17.3 Å². The summed E-state index contributed by atoms with van der Waals surface area (Å²) in [7, 11) is 0. The Morgan fingerprint density at radius 1 is 1.05 bits per heavy atom. The standard InChI is InChI=1S/C16H15FO2/c1-10-4-6-14(8-11(10)2)19-16-7-5-13(17)9-15(16)12(3)18/h4-9H,1-3H3. The Kier molecular flexibility index (Phi) is 3.65. The fourth-order valence-electron chi connectivity index (χ4n) is 1.77. The van der Waals surface area contributed by atoms with Crippen molar-refractivity contribution in [3.05, 3.63) is 58.9 Å². The molecule has 0 bridgehead atoms. The van der Waals surface area contributed by atoms with E-state index < -0.39 is 5.82 Å². The highest BCUT2D eigenvalue weighted by Crippen LogP contribution is 2.27. The number of benzene rings is 2. The van der Waals surface area contributed by atoms with Crippen LogP contribution in [0.5, 0.6) is 11.5 Å². The number of hydrogen-bond acceptors (Lipinski definition) is 2. The highest BCUT2D eigenvalue weighted by Gasteiger charge is 2.11. The third kappa shape index (κ3) is 2.99. The Morgan fingerprint density at radius 3 is 2.42 bits per heavy atom.